The number of rotatable bonds is 5. The number of piperidine rings is 1. The first kappa shape index (κ1) is 18.6. The number of carbonyl (C=O) groups excluding carboxylic acids is 3. The Morgan fingerprint density at radius 3 is 2.00 bits per heavy atom. The van der Waals surface area contributed by atoms with Crippen molar-refractivity contribution >= 4 is 17.7 Å². The van der Waals surface area contributed by atoms with Crippen LogP contribution in [0.1, 0.15) is 40.5 Å². The van der Waals surface area contributed by atoms with Crippen molar-refractivity contribution < 1.29 is 14.4 Å². The molecule has 1 aliphatic rings. The standard InChI is InChI=1S/C16H29N3O3/c1-11(2)9-19(10-12(3)4)16(22)15(21)18-14(20)13-5-7-17-8-6-13/h11-13,17H,5-10H2,1-4H3,(H,18,20,21). The number of carbonyl (C=O) groups is 3. The normalized spacial score (nSPS) is 15.9. The van der Waals surface area contributed by atoms with Gasteiger partial charge in [-0.1, -0.05) is 27.7 Å². The van der Waals surface area contributed by atoms with Crippen molar-refractivity contribution in [1.82, 2.24) is 15.5 Å². The molecule has 0 atom stereocenters. The van der Waals surface area contributed by atoms with Gasteiger partial charge in [-0.2, -0.15) is 0 Å². The second kappa shape index (κ2) is 8.88. The van der Waals surface area contributed by atoms with Crippen LogP contribution in [0.5, 0.6) is 0 Å². The van der Waals surface area contributed by atoms with Crippen LogP contribution < -0.4 is 10.6 Å². The predicted octanol–water partition coefficient (Wildman–Crippen LogP) is 0.769. The van der Waals surface area contributed by atoms with Crippen LogP contribution in [0.4, 0.5) is 0 Å². The first-order valence-electron chi connectivity index (χ1n) is 8.16. The summed E-state index contributed by atoms with van der Waals surface area (Å²) in [5, 5.41) is 5.45. The molecule has 0 radical (unpaired) electrons. The van der Waals surface area contributed by atoms with Crippen LogP contribution in [0.25, 0.3) is 0 Å². The Bertz CT molecular complexity index is 391. The van der Waals surface area contributed by atoms with Crippen molar-refractivity contribution in [3.63, 3.8) is 0 Å². The van der Waals surface area contributed by atoms with Crippen LogP contribution in [0.2, 0.25) is 0 Å². The average Bonchev–Trinajstić information content (AvgIpc) is 2.45. The second-order valence-corrected chi connectivity index (χ2v) is 6.84. The van der Waals surface area contributed by atoms with Crippen molar-refractivity contribution in [2.45, 2.75) is 40.5 Å². The fourth-order valence-electron chi connectivity index (χ4n) is 2.62. The van der Waals surface area contributed by atoms with Gasteiger partial charge in [-0.15, -0.1) is 0 Å². The van der Waals surface area contributed by atoms with E-state index in [1.807, 2.05) is 27.7 Å². The maximum absolute atomic E-state index is 12.3. The van der Waals surface area contributed by atoms with Crippen molar-refractivity contribution in [2.24, 2.45) is 17.8 Å². The Labute approximate surface area is 133 Å². The summed E-state index contributed by atoms with van der Waals surface area (Å²) in [4.78, 5) is 37.9. The second-order valence-electron chi connectivity index (χ2n) is 6.84. The third kappa shape index (κ3) is 6.13. The maximum Gasteiger partial charge on any atom is 0.316 e. The summed E-state index contributed by atoms with van der Waals surface area (Å²) >= 11 is 0. The van der Waals surface area contributed by atoms with E-state index in [1.165, 1.54) is 0 Å². The Morgan fingerprint density at radius 2 is 1.55 bits per heavy atom. The first-order chi connectivity index (χ1) is 10.3. The van der Waals surface area contributed by atoms with Crippen molar-refractivity contribution in [2.75, 3.05) is 26.2 Å². The zero-order chi connectivity index (χ0) is 16.7. The van der Waals surface area contributed by atoms with Gasteiger partial charge in [0.25, 0.3) is 0 Å². The molecule has 0 aliphatic carbocycles. The van der Waals surface area contributed by atoms with Gasteiger partial charge >= 0.3 is 11.8 Å². The Hall–Kier alpha value is -1.43. The quantitative estimate of drug-likeness (QED) is 0.735. The molecule has 1 heterocycles. The molecule has 3 amide bonds. The predicted molar refractivity (Wildman–Crippen MR) is 85.0 cm³/mol. The molecule has 0 bridgehead atoms. The lowest BCUT2D eigenvalue weighted by Gasteiger charge is -2.26. The van der Waals surface area contributed by atoms with Crippen LogP contribution in [0.15, 0.2) is 0 Å². The maximum atomic E-state index is 12.3. The molecule has 6 nitrogen and oxygen atoms in total. The van der Waals surface area contributed by atoms with Gasteiger partial charge in [0.05, 0.1) is 0 Å². The van der Waals surface area contributed by atoms with Crippen LogP contribution in [0.3, 0.4) is 0 Å². The molecule has 1 aliphatic heterocycles. The molecule has 1 rings (SSSR count). The summed E-state index contributed by atoms with van der Waals surface area (Å²) in [6, 6.07) is 0. The van der Waals surface area contributed by atoms with Gasteiger partial charge in [0.15, 0.2) is 0 Å². The van der Waals surface area contributed by atoms with E-state index in [-0.39, 0.29) is 23.7 Å². The molecule has 0 aromatic heterocycles. The lowest BCUT2D eigenvalue weighted by Crippen LogP contribution is -2.49. The Kier molecular flexibility index (Phi) is 7.51. The van der Waals surface area contributed by atoms with E-state index in [1.54, 1.807) is 4.90 Å². The molecule has 126 valence electrons. The van der Waals surface area contributed by atoms with Gasteiger partial charge in [-0.25, -0.2) is 0 Å². The molecular formula is C16H29N3O3. The van der Waals surface area contributed by atoms with E-state index in [2.05, 4.69) is 10.6 Å². The van der Waals surface area contributed by atoms with Gasteiger partial charge in [-0.05, 0) is 37.8 Å². The van der Waals surface area contributed by atoms with Crippen LogP contribution in [-0.2, 0) is 14.4 Å². The smallest absolute Gasteiger partial charge is 0.316 e. The number of nitrogens with one attached hydrogen (secondary N) is 2. The zero-order valence-corrected chi connectivity index (χ0v) is 14.1. The minimum Gasteiger partial charge on any atom is -0.334 e. The number of hydrogen-bond donors (Lipinski definition) is 2. The van der Waals surface area contributed by atoms with E-state index in [0.717, 1.165) is 13.1 Å². The topological polar surface area (TPSA) is 78.5 Å². The third-order valence-electron chi connectivity index (χ3n) is 3.60. The number of amides is 3. The highest BCUT2D eigenvalue weighted by molar-refractivity contribution is 6.37. The molecule has 6 heteroatoms. The van der Waals surface area contributed by atoms with Crippen LogP contribution >= 0.6 is 0 Å². The summed E-state index contributed by atoms with van der Waals surface area (Å²) in [6.07, 6.45) is 1.41. The third-order valence-corrected chi connectivity index (χ3v) is 3.60. The molecule has 0 saturated carbocycles. The fourth-order valence-corrected chi connectivity index (χ4v) is 2.62. The zero-order valence-electron chi connectivity index (χ0n) is 14.1. The van der Waals surface area contributed by atoms with Crippen LogP contribution in [-0.4, -0.2) is 48.8 Å². The summed E-state index contributed by atoms with van der Waals surface area (Å²) in [5.41, 5.74) is 0. The van der Waals surface area contributed by atoms with Crippen molar-refractivity contribution in [3.8, 4) is 0 Å². The fraction of sp³-hybridized carbons (Fsp3) is 0.812. The van der Waals surface area contributed by atoms with Gasteiger partial charge < -0.3 is 10.2 Å². The average molecular weight is 311 g/mol. The van der Waals surface area contributed by atoms with E-state index in [9.17, 15) is 14.4 Å². The summed E-state index contributed by atoms with van der Waals surface area (Å²) < 4.78 is 0. The largest absolute Gasteiger partial charge is 0.334 e. The van der Waals surface area contributed by atoms with Crippen molar-refractivity contribution in [1.29, 1.82) is 0 Å². The van der Waals surface area contributed by atoms with E-state index >= 15 is 0 Å². The SMILES string of the molecule is CC(C)CN(CC(C)C)C(=O)C(=O)NC(=O)C1CCNCC1. The lowest BCUT2D eigenvalue weighted by atomic mass is 9.97. The molecule has 0 unspecified atom stereocenters. The van der Waals surface area contributed by atoms with E-state index < -0.39 is 11.8 Å². The molecule has 0 aromatic rings. The first-order valence-corrected chi connectivity index (χ1v) is 8.16. The van der Waals surface area contributed by atoms with Crippen molar-refractivity contribution in [3.05, 3.63) is 0 Å². The van der Waals surface area contributed by atoms with Gasteiger partial charge in [0.1, 0.15) is 0 Å². The molecular weight excluding hydrogens is 282 g/mol. The highest BCUT2D eigenvalue weighted by atomic mass is 16.2. The summed E-state index contributed by atoms with van der Waals surface area (Å²) in [6.45, 7) is 10.6. The van der Waals surface area contributed by atoms with Gasteiger partial charge in [0.2, 0.25) is 5.91 Å². The Morgan fingerprint density at radius 1 is 1.05 bits per heavy atom. The summed E-state index contributed by atoms with van der Waals surface area (Å²) in [7, 11) is 0. The molecule has 22 heavy (non-hydrogen) atoms. The summed E-state index contributed by atoms with van der Waals surface area (Å²) in [5.74, 6) is -1.36. The molecule has 2 N–H and O–H groups in total. The highest BCUT2D eigenvalue weighted by Gasteiger charge is 2.28. The minimum atomic E-state index is -0.801. The van der Waals surface area contributed by atoms with E-state index in [0.29, 0.717) is 25.9 Å². The molecule has 0 aromatic carbocycles. The number of imide groups is 1. The van der Waals surface area contributed by atoms with Crippen LogP contribution in [0, 0.1) is 17.8 Å². The highest BCUT2D eigenvalue weighted by Crippen LogP contribution is 2.11. The number of nitrogens with zero attached hydrogens (tertiary/aromatic N) is 1. The molecule has 1 fully saturated rings. The van der Waals surface area contributed by atoms with Gasteiger partial charge in [-0.3, -0.25) is 19.7 Å². The molecule has 1 saturated heterocycles. The molecule has 0 spiro atoms. The van der Waals surface area contributed by atoms with Gasteiger partial charge in [0, 0.05) is 19.0 Å². The monoisotopic (exact) mass is 311 g/mol. The minimum absolute atomic E-state index is 0.179. The van der Waals surface area contributed by atoms with E-state index in [4.69, 9.17) is 0 Å². The number of hydrogen-bond acceptors (Lipinski definition) is 4. The lowest BCUT2D eigenvalue weighted by molar-refractivity contribution is -0.149. The Balaban J connectivity index is 2.59.